The number of amides is 1. The minimum Gasteiger partial charge on any atom is -0.497 e. The molecule has 8 heteroatoms. The van der Waals surface area contributed by atoms with Gasteiger partial charge >= 0.3 is 0 Å². The second-order valence-electron chi connectivity index (χ2n) is 6.68. The van der Waals surface area contributed by atoms with Crippen LogP contribution < -0.4 is 15.0 Å². The number of hydrogen-bond donors (Lipinski definition) is 2. The second-order valence-corrected chi connectivity index (χ2v) is 6.68. The van der Waals surface area contributed by atoms with Gasteiger partial charge in [0.15, 0.2) is 0 Å². The van der Waals surface area contributed by atoms with Gasteiger partial charge < -0.3 is 15.0 Å². The normalized spacial score (nSPS) is 16.0. The summed E-state index contributed by atoms with van der Waals surface area (Å²) in [6.07, 6.45) is 3.91. The maximum absolute atomic E-state index is 13.7. The number of H-pyrrole nitrogens is 1. The highest BCUT2D eigenvalue weighted by molar-refractivity contribution is 6.01. The minimum atomic E-state index is -0.486. The molecule has 2 heterocycles. The zero-order chi connectivity index (χ0) is 20.4. The van der Waals surface area contributed by atoms with Crippen LogP contribution in [0.3, 0.4) is 0 Å². The SMILES string of the molecule is COc1cc(F)cc(NC2CCN(c3ccc(-c4cn[nH]c4)c(C#N)c3)C2=O)c1. The molecular formula is C21H18FN5O2. The fourth-order valence-corrected chi connectivity index (χ4v) is 3.48. The van der Waals surface area contributed by atoms with E-state index in [2.05, 4.69) is 21.6 Å². The van der Waals surface area contributed by atoms with Crippen LogP contribution in [-0.4, -0.2) is 35.8 Å². The highest BCUT2D eigenvalue weighted by Crippen LogP contribution is 2.30. The van der Waals surface area contributed by atoms with Gasteiger partial charge in [0.05, 0.1) is 24.9 Å². The van der Waals surface area contributed by atoms with Gasteiger partial charge in [-0.05, 0) is 24.6 Å². The molecule has 29 heavy (non-hydrogen) atoms. The largest absolute Gasteiger partial charge is 0.497 e. The number of aromatic nitrogens is 2. The second kappa shape index (κ2) is 7.64. The van der Waals surface area contributed by atoms with E-state index in [1.165, 1.54) is 19.2 Å². The Bertz CT molecular complexity index is 1090. The summed E-state index contributed by atoms with van der Waals surface area (Å²) in [7, 11) is 1.46. The van der Waals surface area contributed by atoms with Crippen LogP contribution in [0.1, 0.15) is 12.0 Å². The lowest BCUT2D eigenvalue weighted by Gasteiger charge is -2.19. The summed E-state index contributed by atoms with van der Waals surface area (Å²) >= 11 is 0. The molecular weight excluding hydrogens is 373 g/mol. The summed E-state index contributed by atoms with van der Waals surface area (Å²) in [6, 6.07) is 11.3. The van der Waals surface area contributed by atoms with Gasteiger partial charge in [0.1, 0.15) is 17.6 Å². The van der Waals surface area contributed by atoms with E-state index in [0.29, 0.717) is 35.7 Å². The van der Waals surface area contributed by atoms with Gasteiger partial charge in [-0.1, -0.05) is 6.07 Å². The van der Waals surface area contributed by atoms with E-state index in [0.717, 1.165) is 11.1 Å². The molecule has 1 aliphatic heterocycles. The van der Waals surface area contributed by atoms with Crippen molar-refractivity contribution in [3.8, 4) is 22.9 Å². The maximum atomic E-state index is 13.7. The molecule has 0 spiro atoms. The Hall–Kier alpha value is -3.86. The van der Waals surface area contributed by atoms with Gasteiger partial charge in [0, 0.05) is 47.4 Å². The molecule has 7 nitrogen and oxygen atoms in total. The first-order chi connectivity index (χ1) is 14.1. The van der Waals surface area contributed by atoms with Crippen LogP contribution in [0.5, 0.6) is 5.75 Å². The van der Waals surface area contributed by atoms with Gasteiger partial charge in [-0.15, -0.1) is 0 Å². The van der Waals surface area contributed by atoms with Crippen LogP contribution in [0.4, 0.5) is 15.8 Å². The summed E-state index contributed by atoms with van der Waals surface area (Å²) in [4.78, 5) is 14.5. The number of carbonyl (C=O) groups is 1. The number of rotatable bonds is 5. The summed E-state index contributed by atoms with van der Waals surface area (Å²) in [6.45, 7) is 0.499. The van der Waals surface area contributed by atoms with Crippen molar-refractivity contribution in [3.63, 3.8) is 0 Å². The molecule has 0 aliphatic carbocycles. The maximum Gasteiger partial charge on any atom is 0.249 e. The lowest BCUT2D eigenvalue weighted by molar-refractivity contribution is -0.117. The fourth-order valence-electron chi connectivity index (χ4n) is 3.48. The Morgan fingerprint density at radius 1 is 1.34 bits per heavy atom. The number of hydrogen-bond acceptors (Lipinski definition) is 5. The summed E-state index contributed by atoms with van der Waals surface area (Å²) < 4.78 is 18.8. The number of ether oxygens (including phenoxy) is 1. The van der Waals surface area contributed by atoms with Crippen molar-refractivity contribution in [2.45, 2.75) is 12.5 Å². The molecule has 4 rings (SSSR count). The van der Waals surface area contributed by atoms with Gasteiger partial charge in [-0.3, -0.25) is 9.89 Å². The van der Waals surface area contributed by atoms with Gasteiger partial charge in [0.2, 0.25) is 5.91 Å². The molecule has 1 fully saturated rings. The van der Waals surface area contributed by atoms with Crippen LogP contribution >= 0.6 is 0 Å². The Morgan fingerprint density at radius 3 is 2.93 bits per heavy atom. The summed E-state index contributed by atoms with van der Waals surface area (Å²) in [5.74, 6) is -0.195. The molecule has 2 N–H and O–H groups in total. The number of carbonyl (C=O) groups excluding carboxylic acids is 1. The van der Waals surface area contributed by atoms with E-state index < -0.39 is 11.9 Å². The molecule has 1 aromatic heterocycles. The zero-order valence-corrected chi connectivity index (χ0v) is 15.6. The third kappa shape index (κ3) is 3.62. The number of nitrogens with one attached hydrogen (secondary N) is 2. The van der Waals surface area contributed by atoms with Crippen molar-refractivity contribution < 1.29 is 13.9 Å². The highest BCUT2D eigenvalue weighted by atomic mass is 19.1. The fraction of sp³-hybridized carbons (Fsp3) is 0.190. The summed E-state index contributed by atoms with van der Waals surface area (Å²) in [5, 5.41) is 19.2. The number of nitriles is 1. The predicted octanol–water partition coefficient (Wildman–Crippen LogP) is 3.31. The standard InChI is InChI=1S/C21H18FN5O2/c1-29-18-8-15(22)7-16(9-18)26-20-4-5-27(21(20)28)17-2-3-19(13(6-17)10-23)14-11-24-25-12-14/h2-3,6-9,11-12,20,26H,4-5H2,1H3,(H,24,25). The van der Waals surface area contributed by atoms with Crippen molar-refractivity contribution >= 4 is 17.3 Å². The molecule has 1 unspecified atom stereocenters. The van der Waals surface area contributed by atoms with Crippen LogP contribution in [0.15, 0.2) is 48.8 Å². The predicted molar refractivity (Wildman–Crippen MR) is 106 cm³/mol. The van der Waals surface area contributed by atoms with Crippen LogP contribution in [0.2, 0.25) is 0 Å². The number of anilines is 2. The first kappa shape index (κ1) is 18.5. The highest BCUT2D eigenvalue weighted by Gasteiger charge is 2.33. The van der Waals surface area contributed by atoms with Crippen molar-refractivity contribution in [1.82, 2.24) is 10.2 Å². The Kier molecular flexibility index (Phi) is 4.87. The molecule has 1 aliphatic rings. The molecule has 146 valence electrons. The first-order valence-electron chi connectivity index (χ1n) is 9.05. The summed E-state index contributed by atoms with van der Waals surface area (Å²) in [5.41, 5.74) is 3.15. The molecule has 1 saturated heterocycles. The third-order valence-corrected chi connectivity index (χ3v) is 4.90. The number of aromatic amines is 1. The third-order valence-electron chi connectivity index (χ3n) is 4.90. The van der Waals surface area contributed by atoms with Crippen molar-refractivity contribution in [2.75, 3.05) is 23.9 Å². The Labute approximate surface area is 166 Å². The van der Waals surface area contributed by atoms with E-state index in [9.17, 15) is 14.4 Å². The Balaban J connectivity index is 1.55. The smallest absolute Gasteiger partial charge is 0.249 e. The van der Waals surface area contributed by atoms with E-state index in [-0.39, 0.29) is 5.91 Å². The molecule has 0 saturated carbocycles. The van der Waals surface area contributed by atoms with Gasteiger partial charge in [-0.2, -0.15) is 10.4 Å². The van der Waals surface area contributed by atoms with E-state index in [4.69, 9.17) is 4.74 Å². The van der Waals surface area contributed by atoms with Gasteiger partial charge in [0.25, 0.3) is 0 Å². The van der Waals surface area contributed by atoms with E-state index in [1.807, 2.05) is 12.1 Å². The Morgan fingerprint density at radius 2 is 2.21 bits per heavy atom. The minimum absolute atomic E-state index is 0.131. The number of nitrogens with zero attached hydrogens (tertiary/aromatic N) is 3. The first-order valence-corrected chi connectivity index (χ1v) is 9.05. The van der Waals surface area contributed by atoms with Crippen LogP contribution in [0, 0.1) is 17.1 Å². The average molecular weight is 391 g/mol. The zero-order valence-electron chi connectivity index (χ0n) is 15.6. The van der Waals surface area contributed by atoms with Gasteiger partial charge in [-0.25, -0.2) is 4.39 Å². The van der Waals surface area contributed by atoms with Crippen molar-refractivity contribution in [1.29, 1.82) is 5.26 Å². The molecule has 0 bridgehead atoms. The lowest BCUT2D eigenvalue weighted by Crippen LogP contribution is -2.33. The average Bonchev–Trinajstić information content (AvgIpc) is 3.38. The molecule has 3 aromatic rings. The molecule has 0 radical (unpaired) electrons. The molecule has 1 amide bonds. The topological polar surface area (TPSA) is 94.0 Å². The monoisotopic (exact) mass is 391 g/mol. The van der Waals surface area contributed by atoms with Crippen molar-refractivity contribution in [3.05, 3.63) is 60.2 Å². The molecule has 1 atom stereocenters. The van der Waals surface area contributed by atoms with Crippen molar-refractivity contribution in [2.24, 2.45) is 0 Å². The van der Waals surface area contributed by atoms with Crippen LogP contribution in [0.25, 0.3) is 11.1 Å². The van der Waals surface area contributed by atoms with E-state index >= 15 is 0 Å². The number of methoxy groups -OCH3 is 1. The quantitative estimate of drug-likeness (QED) is 0.696. The number of benzene rings is 2. The van der Waals surface area contributed by atoms with Crippen LogP contribution in [-0.2, 0) is 4.79 Å². The number of halogens is 1. The lowest BCUT2D eigenvalue weighted by atomic mass is 10.0. The molecule has 2 aromatic carbocycles. The van der Waals surface area contributed by atoms with E-state index in [1.54, 1.807) is 29.4 Å².